The Bertz CT molecular complexity index is 1120. The summed E-state index contributed by atoms with van der Waals surface area (Å²) in [5.41, 5.74) is 6.96. The lowest BCUT2D eigenvalue weighted by molar-refractivity contribution is -0.118. The van der Waals surface area contributed by atoms with Gasteiger partial charge in [-0.05, 0) is 77.0 Å². The minimum Gasteiger partial charge on any atom is -0.508 e. The molecule has 0 aromatic heterocycles. The van der Waals surface area contributed by atoms with Crippen molar-refractivity contribution in [3.8, 4) is 22.6 Å². The number of hydrogen-bond donors (Lipinski definition) is 2. The summed E-state index contributed by atoms with van der Waals surface area (Å²) in [7, 11) is 1.62. The molecule has 170 valence electrons. The Morgan fingerprint density at radius 3 is 2.28 bits per heavy atom. The third-order valence-corrected chi connectivity index (χ3v) is 8.43. The molecule has 2 aromatic carbocycles. The van der Waals surface area contributed by atoms with Crippen molar-refractivity contribution in [2.45, 2.75) is 70.0 Å². The zero-order valence-electron chi connectivity index (χ0n) is 19.6. The van der Waals surface area contributed by atoms with Crippen molar-refractivity contribution in [2.24, 2.45) is 0 Å². The van der Waals surface area contributed by atoms with E-state index in [4.69, 9.17) is 17.0 Å². The molecule has 1 saturated heterocycles. The molecule has 4 nitrogen and oxygen atoms in total. The number of carbonyl (C=O) groups excluding carboxylic acids is 1. The number of phenols is 1. The summed E-state index contributed by atoms with van der Waals surface area (Å²) in [4.78, 5) is 12.2. The fraction of sp³-hybridized carbons (Fsp3) is 0.462. The molecule has 6 heteroatoms. The van der Waals surface area contributed by atoms with Gasteiger partial charge in [0.1, 0.15) is 15.8 Å². The van der Waals surface area contributed by atoms with Gasteiger partial charge in [-0.15, -0.1) is 0 Å². The van der Waals surface area contributed by atoms with Crippen molar-refractivity contribution in [3.05, 3.63) is 46.5 Å². The molecule has 4 rings (SSSR count). The molecule has 1 aliphatic heterocycles. The number of benzene rings is 2. The average molecular weight is 470 g/mol. The number of rotatable bonds is 4. The van der Waals surface area contributed by atoms with Crippen LogP contribution in [0.15, 0.2) is 24.3 Å². The fourth-order valence-electron chi connectivity index (χ4n) is 4.90. The van der Waals surface area contributed by atoms with E-state index in [0.29, 0.717) is 16.5 Å². The number of amides is 1. The minimum atomic E-state index is -0.334. The number of carbonyl (C=O) groups is 1. The number of aromatic hydroxyl groups is 1. The third kappa shape index (κ3) is 4.03. The van der Waals surface area contributed by atoms with Gasteiger partial charge in [0, 0.05) is 11.6 Å². The highest BCUT2D eigenvalue weighted by atomic mass is 32.2. The van der Waals surface area contributed by atoms with Gasteiger partial charge < -0.3 is 15.2 Å². The van der Waals surface area contributed by atoms with Crippen LogP contribution in [0.5, 0.6) is 11.5 Å². The smallest absolute Gasteiger partial charge is 0.239 e. The molecule has 0 spiro atoms. The molecule has 1 unspecified atom stereocenters. The van der Waals surface area contributed by atoms with E-state index in [1.54, 1.807) is 13.2 Å². The van der Waals surface area contributed by atoms with Gasteiger partial charge in [-0.2, -0.15) is 0 Å². The third-order valence-electron chi connectivity index (χ3n) is 7.06. The summed E-state index contributed by atoms with van der Waals surface area (Å²) >= 11 is 6.47. The van der Waals surface area contributed by atoms with E-state index >= 15 is 0 Å². The van der Waals surface area contributed by atoms with Crippen molar-refractivity contribution in [2.75, 3.05) is 7.11 Å². The fourth-order valence-corrected chi connectivity index (χ4v) is 6.19. The molecule has 1 heterocycles. The van der Waals surface area contributed by atoms with E-state index in [-0.39, 0.29) is 27.7 Å². The van der Waals surface area contributed by atoms with Gasteiger partial charge in [0.25, 0.3) is 0 Å². The maximum absolute atomic E-state index is 12.2. The highest BCUT2D eigenvalue weighted by Gasteiger charge is 2.38. The second-order valence-corrected chi connectivity index (χ2v) is 12.1. The van der Waals surface area contributed by atoms with E-state index in [2.05, 4.69) is 52.1 Å². The Hall–Kier alpha value is -2.05. The van der Waals surface area contributed by atoms with Gasteiger partial charge in [-0.1, -0.05) is 57.7 Å². The summed E-state index contributed by atoms with van der Waals surface area (Å²) in [6, 6.07) is 8.28. The second-order valence-electron chi connectivity index (χ2n) is 10.2. The van der Waals surface area contributed by atoms with Gasteiger partial charge in [-0.3, -0.25) is 4.79 Å². The molecule has 0 radical (unpaired) electrons. The summed E-state index contributed by atoms with van der Waals surface area (Å²) in [5, 5.41) is 13.0. The zero-order valence-corrected chi connectivity index (χ0v) is 21.2. The molecule has 1 fully saturated rings. The lowest BCUT2D eigenvalue weighted by Gasteiger charge is -2.42. The minimum absolute atomic E-state index is 0.0918. The van der Waals surface area contributed by atoms with E-state index < -0.39 is 0 Å². The molecular formula is C26H31NO3S2. The maximum atomic E-state index is 12.2. The van der Waals surface area contributed by atoms with Crippen LogP contribution in [0.25, 0.3) is 11.1 Å². The number of methoxy groups -OCH3 is 1. The SMILES string of the molecule is COc1cc(O)c(CC2SC(=S)NC2=O)cc1-c1cc2c(cc1C)C(C)(C)CCC2(C)C. The Morgan fingerprint density at radius 1 is 1.09 bits per heavy atom. The highest BCUT2D eigenvalue weighted by Crippen LogP contribution is 2.49. The van der Waals surface area contributed by atoms with Gasteiger partial charge in [0.15, 0.2) is 0 Å². The van der Waals surface area contributed by atoms with Crippen LogP contribution in [0.1, 0.15) is 62.8 Å². The van der Waals surface area contributed by atoms with Gasteiger partial charge in [0.05, 0.1) is 12.4 Å². The monoisotopic (exact) mass is 469 g/mol. The molecule has 2 aliphatic rings. The van der Waals surface area contributed by atoms with Gasteiger partial charge in [-0.25, -0.2) is 0 Å². The first-order chi connectivity index (χ1) is 14.9. The molecule has 2 aromatic rings. The Labute approximate surface area is 200 Å². The van der Waals surface area contributed by atoms with Crippen LogP contribution in [0.3, 0.4) is 0 Å². The number of hydrogen-bond acceptors (Lipinski definition) is 5. The van der Waals surface area contributed by atoms with Crippen LogP contribution in [0.4, 0.5) is 0 Å². The quantitative estimate of drug-likeness (QED) is 0.556. The second kappa shape index (κ2) is 8.07. The van der Waals surface area contributed by atoms with E-state index in [9.17, 15) is 9.90 Å². The van der Waals surface area contributed by atoms with Crippen LogP contribution in [0.2, 0.25) is 0 Å². The van der Waals surface area contributed by atoms with Crippen LogP contribution in [0, 0.1) is 6.92 Å². The normalized spacial score (nSPS) is 21.2. The molecule has 0 saturated carbocycles. The van der Waals surface area contributed by atoms with Crippen LogP contribution < -0.4 is 10.1 Å². The predicted molar refractivity (Wildman–Crippen MR) is 136 cm³/mol. The van der Waals surface area contributed by atoms with E-state index in [1.807, 2.05) is 6.07 Å². The topological polar surface area (TPSA) is 58.6 Å². The van der Waals surface area contributed by atoms with Crippen molar-refractivity contribution >= 4 is 34.2 Å². The van der Waals surface area contributed by atoms with Crippen molar-refractivity contribution in [1.82, 2.24) is 5.32 Å². The standard InChI is InChI=1S/C26H31NO3S2/c1-14-9-18-19(26(4,5)8-7-25(18,2)3)12-16(14)17-10-15(20(28)13-21(17)30-6)11-22-23(29)27-24(31)32-22/h9-10,12-13,22,28H,7-8,11H2,1-6H3,(H,27,29,31). The Morgan fingerprint density at radius 2 is 1.72 bits per heavy atom. The van der Waals surface area contributed by atoms with E-state index in [1.165, 1.54) is 34.9 Å². The summed E-state index contributed by atoms with van der Waals surface area (Å²) in [5.74, 6) is 0.654. The van der Waals surface area contributed by atoms with Crippen LogP contribution >= 0.6 is 24.0 Å². The molecule has 1 atom stereocenters. The Kier molecular flexibility index (Phi) is 5.83. The lowest BCUT2D eigenvalue weighted by Crippen LogP contribution is -2.34. The largest absolute Gasteiger partial charge is 0.508 e. The average Bonchev–Trinajstić information content (AvgIpc) is 3.03. The highest BCUT2D eigenvalue weighted by molar-refractivity contribution is 8.24. The molecule has 2 N–H and O–H groups in total. The number of phenolic OH excluding ortho intramolecular Hbond substituents is 1. The molecule has 0 bridgehead atoms. The number of thiocarbonyl (C=S) groups is 1. The number of ether oxygens (including phenoxy) is 1. The summed E-state index contributed by atoms with van der Waals surface area (Å²) in [6.07, 6.45) is 2.71. The first-order valence-corrected chi connectivity index (χ1v) is 12.3. The molecule has 32 heavy (non-hydrogen) atoms. The van der Waals surface area contributed by atoms with Crippen LogP contribution in [-0.4, -0.2) is 27.7 Å². The molecular weight excluding hydrogens is 438 g/mol. The summed E-state index contributed by atoms with van der Waals surface area (Å²) in [6.45, 7) is 11.4. The number of thioether (sulfide) groups is 1. The summed E-state index contributed by atoms with van der Waals surface area (Å²) < 4.78 is 6.16. The first kappa shape index (κ1) is 23.1. The van der Waals surface area contributed by atoms with Gasteiger partial charge in [0.2, 0.25) is 5.91 Å². The number of nitrogens with one attached hydrogen (secondary N) is 1. The zero-order chi connectivity index (χ0) is 23.4. The first-order valence-electron chi connectivity index (χ1n) is 11.0. The molecule has 1 aliphatic carbocycles. The predicted octanol–water partition coefficient (Wildman–Crippen LogP) is 5.78. The maximum Gasteiger partial charge on any atom is 0.239 e. The number of aryl methyl sites for hydroxylation is 1. The van der Waals surface area contributed by atoms with Crippen molar-refractivity contribution in [3.63, 3.8) is 0 Å². The van der Waals surface area contributed by atoms with Crippen LogP contribution in [-0.2, 0) is 22.0 Å². The molecule has 1 amide bonds. The number of fused-ring (bicyclic) bond motifs is 1. The Balaban J connectivity index is 1.84. The van der Waals surface area contributed by atoms with Crippen molar-refractivity contribution in [1.29, 1.82) is 0 Å². The van der Waals surface area contributed by atoms with Gasteiger partial charge >= 0.3 is 0 Å². The van der Waals surface area contributed by atoms with Crippen molar-refractivity contribution < 1.29 is 14.6 Å². The lowest BCUT2D eigenvalue weighted by atomic mass is 9.62. The van der Waals surface area contributed by atoms with E-state index in [0.717, 1.165) is 23.1 Å².